The predicted octanol–water partition coefficient (Wildman–Crippen LogP) is 3.55. The number of nitro groups is 1. The van der Waals surface area contributed by atoms with Crippen molar-refractivity contribution in [2.75, 3.05) is 43.9 Å². The maximum absolute atomic E-state index is 13.3. The van der Waals surface area contributed by atoms with Gasteiger partial charge in [-0.2, -0.15) is 0 Å². The van der Waals surface area contributed by atoms with Crippen molar-refractivity contribution in [1.82, 2.24) is 9.47 Å². The molecule has 1 aliphatic rings. The second-order valence-electron chi connectivity index (χ2n) is 9.09. The number of nitrogens with one attached hydrogen (secondary N) is 1. The van der Waals surface area contributed by atoms with Gasteiger partial charge in [0.05, 0.1) is 21.7 Å². The first kappa shape index (κ1) is 23.5. The Labute approximate surface area is 196 Å². The number of nitro benzene ring substituents is 1. The highest BCUT2D eigenvalue weighted by molar-refractivity contribution is 6.09. The van der Waals surface area contributed by atoms with Crippen LogP contribution in [0.3, 0.4) is 0 Å². The monoisotopic (exact) mass is 467 g/mol. The number of hydrogen-bond acceptors (Lipinski definition) is 7. The molecule has 1 aromatic heterocycles. The Kier molecular flexibility index (Phi) is 6.69. The molecule has 0 bridgehead atoms. The minimum atomic E-state index is -0.500. The number of carbonyl (C=O) groups excluding carboxylic acids is 1. The van der Waals surface area contributed by atoms with Crippen molar-refractivity contribution >= 4 is 34.1 Å². The Morgan fingerprint density at radius 2 is 1.94 bits per heavy atom. The van der Waals surface area contributed by atoms with Crippen molar-refractivity contribution < 1.29 is 14.1 Å². The summed E-state index contributed by atoms with van der Waals surface area (Å²) in [5.74, 6) is -0.290. The predicted molar refractivity (Wildman–Crippen MR) is 131 cm³/mol. The molecule has 1 fully saturated rings. The van der Waals surface area contributed by atoms with Gasteiger partial charge < -0.3 is 19.5 Å². The SMILES string of the molecule is CC1CCN(c2ccc([N+](=O)[O-])cc2C(=O)Nc2ccc3oc(=O)n(CCN(C)C)c3c2)CC1. The summed E-state index contributed by atoms with van der Waals surface area (Å²) in [6, 6.07) is 9.39. The summed E-state index contributed by atoms with van der Waals surface area (Å²) in [6.45, 7) is 4.87. The molecule has 0 radical (unpaired) electrons. The zero-order chi connectivity index (χ0) is 24.4. The fourth-order valence-corrected chi connectivity index (χ4v) is 4.19. The van der Waals surface area contributed by atoms with Crippen molar-refractivity contribution in [1.29, 1.82) is 0 Å². The van der Waals surface area contributed by atoms with Gasteiger partial charge in [0.2, 0.25) is 0 Å². The van der Waals surface area contributed by atoms with Gasteiger partial charge in [0.25, 0.3) is 11.6 Å². The van der Waals surface area contributed by atoms with Crippen LogP contribution in [0.1, 0.15) is 30.1 Å². The third-order valence-electron chi connectivity index (χ3n) is 6.26. The van der Waals surface area contributed by atoms with Crippen LogP contribution in [0.15, 0.2) is 45.6 Å². The highest BCUT2D eigenvalue weighted by Crippen LogP contribution is 2.30. The second kappa shape index (κ2) is 9.68. The minimum absolute atomic E-state index is 0.137. The second-order valence-corrected chi connectivity index (χ2v) is 9.09. The van der Waals surface area contributed by atoms with E-state index in [1.807, 2.05) is 19.0 Å². The molecule has 3 aromatic rings. The normalized spacial score (nSPS) is 14.6. The van der Waals surface area contributed by atoms with E-state index >= 15 is 0 Å². The number of hydrogen-bond donors (Lipinski definition) is 1. The summed E-state index contributed by atoms with van der Waals surface area (Å²) in [5.41, 5.74) is 2.28. The third-order valence-corrected chi connectivity index (χ3v) is 6.26. The van der Waals surface area contributed by atoms with Crippen LogP contribution in [0.5, 0.6) is 0 Å². The summed E-state index contributed by atoms with van der Waals surface area (Å²) in [5, 5.41) is 14.2. The van der Waals surface area contributed by atoms with E-state index in [2.05, 4.69) is 17.1 Å². The number of non-ortho nitro benzene ring substituents is 1. The van der Waals surface area contributed by atoms with Crippen LogP contribution in [0.4, 0.5) is 17.1 Å². The number of amides is 1. The maximum Gasteiger partial charge on any atom is 0.419 e. The number of aromatic nitrogens is 1. The molecule has 1 amide bonds. The van der Waals surface area contributed by atoms with Crippen molar-refractivity contribution in [2.45, 2.75) is 26.3 Å². The number of likely N-dealkylation sites (N-methyl/N-ethyl adjacent to an activating group) is 1. The van der Waals surface area contributed by atoms with E-state index in [9.17, 15) is 19.7 Å². The molecule has 0 saturated carbocycles. The highest BCUT2D eigenvalue weighted by atomic mass is 16.6. The van der Waals surface area contributed by atoms with Gasteiger partial charge in [-0.1, -0.05) is 6.92 Å². The molecule has 0 atom stereocenters. The molecule has 10 nitrogen and oxygen atoms in total. The first-order chi connectivity index (χ1) is 16.2. The standard InChI is InChI=1S/C24H29N5O5/c1-16-8-10-27(11-9-16)20-6-5-18(29(32)33)15-19(20)23(30)25-17-4-7-22-21(14-17)28(24(31)34-22)13-12-26(2)3/h4-7,14-16H,8-13H2,1-3H3,(H,25,30). The summed E-state index contributed by atoms with van der Waals surface area (Å²) in [6.07, 6.45) is 2.00. The van der Waals surface area contributed by atoms with Gasteiger partial charge in [0, 0.05) is 44.0 Å². The topological polar surface area (TPSA) is 114 Å². The van der Waals surface area contributed by atoms with E-state index < -0.39 is 16.6 Å². The molecular formula is C24H29N5O5. The fraction of sp³-hybridized carbons (Fsp3) is 0.417. The molecule has 1 aliphatic heterocycles. The Morgan fingerprint density at radius 3 is 2.62 bits per heavy atom. The first-order valence-corrected chi connectivity index (χ1v) is 11.4. The molecule has 0 aliphatic carbocycles. The van der Waals surface area contributed by atoms with Crippen molar-refractivity contribution in [2.24, 2.45) is 5.92 Å². The lowest BCUT2D eigenvalue weighted by Gasteiger charge is -2.33. The molecule has 180 valence electrons. The quantitative estimate of drug-likeness (QED) is 0.417. The van der Waals surface area contributed by atoms with E-state index in [1.54, 1.807) is 24.3 Å². The third kappa shape index (κ3) is 4.96. The number of piperidine rings is 1. The molecule has 34 heavy (non-hydrogen) atoms. The number of anilines is 2. The van der Waals surface area contributed by atoms with Gasteiger partial charge in [-0.3, -0.25) is 19.5 Å². The van der Waals surface area contributed by atoms with Gasteiger partial charge in [0.15, 0.2) is 5.58 Å². The number of rotatable bonds is 7. The van der Waals surface area contributed by atoms with Crippen molar-refractivity contribution in [3.05, 3.63) is 62.6 Å². The number of fused-ring (bicyclic) bond motifs is 1. The molecule has 2 aromatic carbocycles. The number of nitrogens with zero attached hydrogens (tertiary/aromatic N) is 4. The minimum Gasteiger partial charge on any atom is -0.408 e. The lowest BCUT2D eigenvalue weighted by molar-refractivity contribution is -0.384. The summed E-state index contributed by atoms with van der Waals surface area (Å²) >= 11 is 0. The van der Waals surface area contributed by atoms with E-state index in [4.69, 9.17) is 4.42 Å². The van der Waals surface area contributed by atoms with Gasteiger partial charge in [-0.15, -0.1) is 0 Å². The van der Waals surface area contributed by atoms with Crippen molar-refractivity contribution in [3.8, 4) is 0 Å². The highest BCUT2D eigenvalue weighted by Gasteiger charge is 2.24. The van der Waals surface area contributed by atoms with E-state index in [0.717, 1.165) is 25.9 Å². The lowest BCUT2D eigenvalue weighted by atomic mass is 9.98. The van der Waals surface area contributed by atoms with Gasteiger partial charge >= 0.3 is 5.76 Å². The maximum atomic E-state index is 13.3. The molecule has 1 N–H and O–H groups in total. The molecular weight excluding hydrogens is 438 g/mol. The molecule has 4 rings (SSSR count). The summed E-state index contributed by atoms with van der Waals surface area (Å²) in [4.78, 5) is 40.5. The average Bonchev–Trinajstić information content (AvgIpc) is 3.12. The van der Waals surface area contributed by atoms with Gasteiger partial charge in [0.1, 0.15) is 0 Å². The largest absolute Gasteiger partial charge is 0.419 e. The molecule has 2 heterocycles. The molecule has 1 saturated heterocycles. The molecule has 10 heteroatoms. The van der Waals surface area contributed by atoms with Crippen LogP contribution >= 0.6 is 0 Å². The van der Waals surface area contributed by atoms with E-state index in [1.165, 1.54) is 16.7 Å². The van der Waals surface area contributed by atoms with Crippen LogP contribution in [-0.2, 0) is 6.54 Å². The number of carbonyl (C=O) groups is 1. The van der Waals surface area contributed by atoms with Crippen LogP contribution < -0.4 is 16.0 Å². The van der Waals surface area contributed by atoms with Crippen LogP contribution in [0, 0.1) is 16.0 Å². The lowest BCUT2D eigenvalue weighted by Crippen LogP contribution is -2.34. The van der Waals surface area contributed by atoms with Crippen LogP contribution in [0.25, 0.3) is 11.1 Å². The zero-order valence-corrected chi connectivity index (χ0v) is 19.6. The zero-order valence-electron chi connectivity index (χ0n) is 19.6. The smallest absolute Gasteiger partial charge is 0.408 e. The average molecular weight is 468 g/mol. The Hall–Kier alpha value is -3.66. The van der Waals surface area contributed by atoms with Gasteiger partial charge in [-0.25, -0.2) is 4.79 Å². The molecule has 0 spiro atoms. The Bertz CT molecular complexity index is 1270. The van der Waals surface area contributed by atoms with Crippen LogP contribution in [0.2, 0.25) is 0 Å². The summed E-state index contributed by atoms with van der Waals surface area (Å²) in [7, 11) is 3.83. The Morgan fingerprint density at radius 1 is 1.21 bits per heavy atom. The number of benzene rings is 2. The number of oxazole rings is 1. The van der Waals surface area contributed by atoms with E-state index in [-0.39, 0.29) is 11.3 Å². The van der Waals surface area contributed by atoms with Gasteiger partial charge in [-0.05, 0) is 57.1 Å². The van der Waals surface area contributed by atoms with Crippen molar-refractivity contribution in [3.63, 3.8) is 0 Å². The van der Waals surface area contributed by atoms with Crippen LogP contribution in [-0.4, -0.2) is 54.0 Å². The van der Waals surface area contributed by atoms with E-state index in [0.29, 0.717) is 41.5 Å². The summed E-state index contributed by atoms with van der Waals surface area (Å²) < 4.78 is 6.85. The fourth-order valence-electron chi connectivity index (χ4n) is 4.19. The molecule has 0 unspecified atom stereocenters. The first-order valence-electron chi connectivity index (χ1n) is 11.4. The Balaban J connectivity index is 1.65.